The number of esters is 1. The average molecular weight is 430 g/mol. The molecule has 0 bridgehead atoms. The first kappa shape index (κ1) is 22.6. The van der Waals surface area contributed by atoms with Gasteiger partial charge in [-0.05, 0) is 79.5 Å². The van der Waals surface area contributed by atoms with Crippen molar-refractivity contribution in [2.75, 3.05) is 7.11 Å². The zero-order valence-electron chi connectivity index (χ0n) is 19.8. The topological polar surface area (TPSA) is 44.8 Å². The Labute approximate surface area is 191 Å². The van der Waals surface area contributed by atoms with E-state index in [1.54, 1.807) is 0 Å². The maximum Gasteiger partial charge on any atom is 0.495 e. The summed E-state index contributed by atoms with van der Waals surface area (Å²) in [7, 11) is 0.757. The predicted molar refractivity (Wildman–Crippen MR) is 130 cm³/mol. The third kappa shape index (κ3) is 4.07. The number of carbonyl (C=O) groups excluding carboxylic acids is 1. The number of aryl methyl sites for hydroxylation is 1. The van der Waals surface area contributed by atoms with Crippen molar-refractivity contribution in [3.63, 3.8) is 0 Å². The van der Waals surface area contributed by atoms with Gasteiger partial charge in [0.05, 0.1) is 23.9 Å². The van der Waals surface area contributed by atoms with Gasteiger partial charge in [-0.25, -0.2) is 4.79 Å². The number of ether oxygens (including phenoxy) is 1. The third-order valence-electron chi connectivity index (χ3n) is 6.88. The van der Waals surface area contributed by atoms with Gasteiger partial charge in [0.25, 0.3) is 0 Å². The van der Waals surface area contributed by atoms with Crippen LogP contribution in [0.1, 0.15) is 61.7 Å². The Hall–Kier alpha value is -2.63. The second-order valence-corrected chi connectivity index (χ2v) is 9.50. The first-order chi connectivity index (χ1) is 15.1. The Morgan fingerprint density at radius 2 is 1.56 bits per heavy atom. The first-order valence-corrected chi connectivity index (χ1v) is 11.2. The summed E-state index contributed by atoms with van der Waals surface area (Å²) in [6, 6.07) is 18.9. The van der Waals surface area contributed by atoms with Crippen molar-refractivity contribution < 1.29 is 18.8 Å². The number of methoxy groups -OCH3 is 1. The fourth-order valence-corrected chi connectivity index (χ4v) is 4.13. The minimum Gasteiger partial charge on any atom is -0.465 e. The summed E-state index contributed by atoms with van der Waals surface area (Å²) in [6.07, 6.45) is 1.84. The molecule has 0 amide bonds. The number of carbonyl (C=O) groups is 1. The van der Waals surface area contributed by atoms with E-state index in [0.29, 0.717) is 11.0 Å². The molecular weight excluding hydrogens is 399 g/mol. The molecule has 0 aromatic heterocycles. The first-order valence-electron chi connectivity index (χ1n) is 11.2. The zero-order chi connectivity index (χ0) is 23.1. The minimum absolute atomic E-state index is 0.392. The van der Waals surface area contributed by atoms with Gasteiger partial charge < -0.3 is 14.0 Å². The van der Waals surface area contributed by atoms with Gasteiger partial charge >= 0.3 is 13.1 Å². The van der Waals surface area contributed by atoms with E-state index in [4.69, 9.17) is 14.0 Å². The molecule has 0 saturated carbocycles. The predicted octanol–water partition coefficient (Wildman–Crippen LogP) is 5.08. The molecule has 0 N–H and O–H groups in total. The van der Waals surface area contributed by atoms with Gasteiger partial charge in [-0.1, -0.05) is 55.5 Å². The summed E-state index contributed by atoms with van der Waals surface area (Å²) in [6.45, 7) is 10.2. The summed E-state index contributed by atoms with van der Waals surface area (Å²) in [4.78, 5) is 12.7. The molecule has 5 heteroatoms. The van der Waals surface area contributed by atoms with Crippen LogP contribution in [0.2, 0.25) is 0 Å². The molecule has 32 heavy (non-hydrogen) atoms. The molecule has 0 aliphatic carbocycles. The Morgan fingerprint density at radius 1 is 0.938 bits per heavy atom. The van der Waals surface area contributed by atoms with E-state index in [9.17, 15) is 4.79 Å². The van der Waals surface area contributed by atoms with Crippen LogP contribution < -0.4 is 5.46 Å². The van der Waals surface area contributed by atoms with Crippen molar-refractivity contribution in [1.29, 1.82) is 0 Å². The molecule has 1 saturated heterocycles. The highest BCUT2D eigenvalue weighted by molar-refractivity contribution is 6.64. The second-order valence-electron chi connectivity index (χ2n) is 9.50. The fraction of sp³-hybridized carbons (Fsp3) is 0.370. The van der Waals surface area contributed by atoms with Gasteiger partial charge in [0.2, 0.25) is 0 Å². The van der Waals surface area contributed by atoms with E-state index in [0.717, 1.165) is 23.6 Å². The summed E-state index contributed by atoms with van der Waals surface area (Å²) in [5, 5.41) is 2.08. The van der Waals surface area contributed by atoms with Gasteiger partial charge in [-0.15, -0.1) is 0 Å². The normalized spacial score (nSPS) is 17.0. The van der Waals surface area contributed by atoms with E-state index in [1.165, 1.54) is 23.8 Å². The largest absolute Gasteiger partial charge is 0.495 e. The van der Waals surface area contributed by atoms with Crippen LogP contribution in [0, 0.1) is 0 Å². The van der Waals surface area contributed by atoms with Crippen LogP contribution in [-0.4, -0.2) is 31.4 Å². The van der Waals surface area contributed by atoms with Crippen LogP contribution in [0.4, 0.5) is 0 Å². The van der Waals surface area contributed by atoms with Crippen LogP contribution in [0.15, 0.2) is 54.6 Å². The molecule has 0 radical (unpaired) electrons. The molecule has 0 spiro atoms. The van der Waals surface area contributed by atoms with Crippen molar-refractivity contribution in [3.05, 3.63) is 76.9 Å². The highest BCUT2D eigenvalue weighted by Crippen LogP contribution is 2.37. The summed E-state index contributed by atoms with van der Waals surface area (Å²) in [5.41, 5.74) is 3.96. The lowest BCUT2D eigenvalue weighted by atomic mass is 9.74. The quantitative estimate of drug-likeness (QED) is 0.419. The van der Waals surface area contributed by atoms with Gasteiger partial charge in [-0.3, -0.25) is 0 Å². The van der Waals surface area contributed by atoms with Crippen LogP contribution >= 0.6 is 0 Å². The molecule has 1 heterocycles. The molecule has 1 aliphatic heterocycles. The molecule has 3 aromatic carbocycles. The number of hydrogen-bond acceptors (Lipinski definition) is 4. The van der Waals surface area contributed by atoms with E-state index < -0.39 is 24.3 Å². The summed E-state index contributed by atoms with van der Waals surface area (Å²) < 4.78 is 17.7. The standard InChI is InChI=1S/C27H31BO4/c1-7-18-11-13-19(14-12-18)15-20-9-8-10-21-16-23(25(29)30-6)24(17-22(20)21)28-31-26(2,3)27(4,5)32-28/h8-14,16-17H,7,15H2,1-6H3. The number of fused-ring (bicyclic) bond motifs is 1. The number of benzene rings is 3. The molecule has 166 valence electrons. The molecule has 3 aromatic rings. The summed E-state index contributed by atoms with van der Waals surface area (Å²) in [5.74, 6) is -0.392. The van der Waals surface area contributed by atoms with Gasteiger partial charge in [-0.2, -0.15) is 0 Å². The maximum absolute atomic E-state index is 12.7. The van der Waals surface area contributed by atoms with Crippen LogP contribution in [0.25, 0.3) is 10.8 Å². The molecule has 0 unspecified atom stereocenters. The lowest BCUT2D eigenvalue weighted by molar-refractivity contribution is 0.00578. The van der Waals surface area contributed by atoms with E-state index >= 15 is 0 Å². The monoisotopic (exact) mass is 430 g/mol. The average Bonchev–Trinajstić information content (AvgIpc) is 2.99. The third-order valence-corrected chi connectivity index (χ3v) is 6.88. The smallest absolute Gasteiger partial charge is 0.465 e. The lowest BCUT2D eigenvalue weighted by Gasteiger charge is -2.32. The van der Waals surface area contributed by atoms with Crippen LogP contribution in [0.5, 0.6) is 0 Å². The van der Waals surface area contributed by atoms with E-state index in [-0.39, 0.29) is 0 Å². The van der Waals surface area contributed by atoms with Crippen molar-refractivity contribution in [2.24, 2.45) is 0 Å². The molecule has 1 fully saturated rings. The minimum atomic E-state index is -0.643. The Kier molecular flexibility index (Phi) is 5.91. The Morgan fingerprint density at radius 3 is 2.16 bits per heavy atom. The van der Waals surface area contributed by atoms with Gasteiger partial charge in [0.1, 0.15) is 0 Å². The second kappa shape index (κ2) is 8.38. The lowest BCUT2D eigenvalue weighted by Crippen LogP contribution is -2.41. The molecule has 0 atom stereocenters. The molecular formula is C27H31BO4. The number of rotatable bonds is 5. The highest BCUT2D eigenvalue weighted by Gasteiger charge is 2.52. The van der Waals surface area contributed by atoms with Crippen LogP contribution in [0.3, 0.4) is 0 Å². The highest BCUT2D eigenvalue weighted by atomic mass is 16.7. The van der Waals surface area contributed by atoms with E-state index in [1.807, 2.05) is 52.0 Å². The van der Waals surface area contributed by atoms with Crippen molar-refractivity contribution in [3.8, 4) is 0 Å². The fourth-order valence-electron chi connectivity index (χ4n) is 4.13. The molecule has 4 nitrogen and oxygen atoms in total. The SMILES string of the molecule is CCc1ccc(Cc2cccc3cc(C(=O)OC)c(B4OC(C)(C)C(C)(C)O4)cc23)cc1. The maximum atomic E-state index is 12.7. The van der Waals surface area contributed by atoms with Crippen molar-refractivity contribution >= 4 is 29.3 Å². The van der Waals surface area contributed by atoms with Gasteiger partial charge in [0.15, 0.2) is 0 Å². The van der Waals surface area contributed by atoms with Crippen molar-refractivity contribution in [1.82, 2.24) is 0 Å². The van der Waals surface area contributed by atoms with Crippen molar-refractivity contribution in [2.45, 2.75) is 58.7 Å². The Balaban J connectivity index is 1.81. The van der Waals surface area contributed by atoms with Gasteiger partial charge in [0, 0.05) is 0 Å². The number of hydrogen-bond donors (Lipinski definition) is 0. The summed E-state index contributed by atoms with van der Waals surface area (Å²) >= 11 is 0. The Bertz CT molecular complexity index is 1130. The molecule has 1 aliphatic rings. The zero-order valence-corrected chi connectivity index (χ0v) is 19.8. The van der Waals surface area contributed by atoms with E-state index in [2.05, 4.69) is 37.3 Å². The van der Waals surface area contributed by atoms with Crippen LogP contribution in [-0.2, 0) is 26.9 Å². The molecule has 4 rings (SSSR count).